The summed E-state index contributed by atoms with van der Waals surface area (Å²) in [6.07, 6.45) is 5.00. The molecule has 1 rings (SSSR count). The van der Waals surface area contributed by atoms with E-state index in [1.165, 1.54) is 0 Å². The van der Waals surface area contributed by atoms with Crippen LogP contribution in [0.25, 0.3) is 0 Å². The highest BCUT2D eigenvalue weighted by molar-refractivity contribution is 5.82. The molecule has 0 heterocycles. The Labute approximate surface area is 105 Å². The number of hydrogen-bond donors (Lipinski definition) is 0. The minimum absolute atomic E-state index is 0.0916. The highest BCUT2D eigenvalue weighted by Gasteiger charge is 2.30. The molecule has 0 aromatic carbocycles. The third-order valence-corrected chi connectivity index (χ3v) is 3.59. The lowest BCUT2D eigenvalue weighted by Crippen LogP contribution is -2.16. The number of carbonyl (C=O) groups excluding carboxylic acids is 2. The van der Waals surface area contributed by atoms with E-state index in [0.717, 1.165) is 19.3 Å². The molecule has 0 N–H and O–H groups in total. The van der Waals surface area contributed by atoms with Gasteiger partial charge >= 0.3 is 0 Å². The molecular weight excluding hydrogens is 212 g/mol. The van der Waals surface area contributed by atoms with Crippen molar-refractivity contribution in [2.24, 2.45) is 17.3 Å². The van der Waals surface area contributed by atoms with Gasteiger partial charge in [-0.2, -0.15) is 0 Å². The molecule has 0 aromatic rings. The molecule has 0 saturated heterocycles. The van der Waals surface area contributed by atoms with Gasteiger partial charge in [-0.05, 0) is 30.6 Å². The van der Waals surface area contributed by atoms with Gasteiger partial charge in [-0.1, -0.05) is 27.7 Å². The van der Waals surface area contributed by atoms with Crippen molar-refractivity contribution in [3.8, 4) is 0 Å². The fourth-order valence-electron chi connectivity index (χ4n) is 2.83. The van der Waals surface area contributed by atoms with Crippen molar-refractivity contribution in [1.29, 1.82) is 0 Å². The summed E-state index contributed by atoms with van der Waals surface area (Å²) in [6, 6.07) is 0. The number of carbonyl (C=O) groups is 2. The highest BCUT2D eigenvalue weighted by Crippen LogP contribution is 2.35. The zero-order valence-electron chi connectivity index (χ0n) is 11.7. The van der Waals surface area contributed by atoms with Gasteiger partial charge in [-0.3, -0.25) is 9.59 Å². The molecule has 0 spiro atoms. The standard InChI is InChI=1S/C15H26O2/c1-5-14(17)12-7-6-11(8-12)9-13(16)10-15(2,3)4/h11-12H,5-10H2,1-4H3. The number of hydrogen-bond acceptors (Lipinski definition) is 2. The Hall–Kier alpha value is -0.660. The summed E-state index contributed by atoms with van der Waals surface area (Å²) >= 11 is 0. The van der Waals surface area contributed by atoms with E-state index in [2.05, 4.69) is 20.8 Å². The van der Waals surface area contributed by atoms with Crippen molar-refractivity contribution >= 4 is 11.6 Å². The normalized spacial score (nSPS) is 24.9. The number of rotatable bonds is 5. The minimum atomic E-state index is 0.0916. The van der Waals surface area contributed by atoms with Crippen LogP contribution in [0.1, 0.15) is 66.2 Å². The van der Waals surface area contributed by atoms with Crippen LogP contribution in [0.3, 0.4) is 0 Å². The molecule has 2 nitrogen and oxygen atoms in total. The van der Waals surface area contributed by atoms with E-state index in [1.807, 2.05) is 6.92 Å². The second kappa shape index (κ2) is 5.79. The molecule has 0 radical (unpaired) electrons. The average molecular weight is 238 g/mol. The molecule has 2 heteroatoms. The van der Waals surface area contributed by atoms with Crippen LogP contribution in [0, 0.1) is 17.3 Å². The molecule has 0 bridgehead atoms. The summed E-state index contributed by atoms with van der Waals surface area (Å²) < 4.78 is 0. The van der Waals surface area contributed by atoms with Gasteiger partial charge in [0.05, 0.1) is 0 Å². The maximum Gasteiger partial charge on any atom is 0.135 e. The lowest BCUT2D eigenvalue weighted by Gasteiger charge is -2.18. The van der Waals surface area contributed by atoms with Crippen LogP contribution in [-0.4, -0.2) is 11.6 Å². The van der Waals surface area contributed by atoms with Crippen molar-refractivity contribution < 1.29 is 9.59 Å². The maximum atomic E-state index is 11.9. The van der Waals surface area contributed by atoms with Crippen molar-refractivity contribution in [2.45, 2.75) is 66.2 Å². The first kappa shape index (κ1) is 14.4. The first-order valence-electron chi connectivity index (χ1n) is 6.86. The van der Waals surface area contributed by atoms with Crippen LogP contribution in [0.15, 0.2) is 0 Å². The van der Waals surface area contributed by atoms with E-state index in [0.29, 0.717) is 36.7 Å². The van der Waals surface area contributed by atoms with Crippen molar-refractivity contribution in [1.82, 2.24) is 0 Å². The van der Waals surface area contributed by atoms with Crippen LogP contribution in [0.4, 0.5) is 0 Å². The maximum absolute atomic E-state index is 11.9. The molecular formula is C15H26O2. The largest absolute Gasteiger partial charge is 0.300 e. The smallest absolute Gasteiger partial charge is 0.135 e. The highest BCUT2D eigenvalue weighted by atomic mass is 16.1. The summed E-state index contributed by atoms with van der Waals surface area (Å²) in [5, 5.41) is 0. The van der Waals surface area contributed by atoms with Gasteiger partial charge in [0, 0.05) is 25.2 Å². The Morgan fingerprint density at radius 3 is 2.35 bits per heavy atom. The van der Waals surface area contributed by atoms with Gasteiger partial charge in [0.1, 0.15) is 11.6 Å². The van der Waals surface area contributed by atoms with Gasteiger partial charge in [0.25, 0.3) is 0 Å². The quantitative estimate of drug-likeness (QED) is 0.730. The van der Waals surface area contributed by atoms with E-state index >= 15 is 0 Å². The predicted molar refractivity (Wildman–Crippen MR) is 69.8 cm³/mol. The van der Waals surface area contributed by atoms with Gasteiger partial charge < -0.3 is 0 Å². The van der Waals surface area contributed by atoms with Gasteiger partial charge in [-0.15, -0.1) is 0 Å². The number of ketones is 2. The SMILES string of the molecule is CCC(=O)C1CCC(CC(=O)CC(C)(C)C)C1. The Morgan fingerprint density at radius 1 is 1.18 bits per heavy atom. The van der Waals surface area contributed by atoms with Gasteiger partial charge in [0.15, 0.2) is 0 Å². The van der Waals surface area contributed by atoms with Crippen molar-refractivity contribution in [2.75, 3.05) is 0 Å². The van der Waals surface area contributed by atoms with Gasteiger partial charge in [-0.25, -0.2) is 0 Å². The van der Waals surface area contributed by atoms with E-state index < -0.39 is 0 Å². The second-order valence-corrected chi connectivity index (χ2v) is 6.68. The summed E-state index contributed by atoms with van der Waals surface area (Å²) in [5.74, 6) is 1.46. The molecule has 1 aliphatic rings. The van der Waals surface area contributed by atoms with Crippen LogP contribution in [-0.2, 0) is 9.59 Å². The summed E-state index contributed by atoms with van der Waals surface area (Å²) in [4.78, 5) is 23.5. The Bertz CT molecular complexity index is 286. The summed E-state index contributed by atoms with van der Waals surface area (Å²) in [7, 11) is 0. The molecule has 0 aromatic heterocycles. The Morgan fingerprint density at radius 2 is 1.82 bits per heavy atom. The van der Waals surface area contributed by atoms with E-state index in [9.17, 15) is 9.59 Å². The van der Waals surface area contributed by atoms with E-state index in [4.69, 9.17) is 0 Å². The first-order valence-corrected chi connectivity index (χ1v) is 6.86. The molecule has 98 valence electrons. The molecule has 17 heavy (non-hydrogen) atoms. The topological polar surface area (TPSA) is 34.1 Å². The molecule has 0 amide bonds. The zero-order valence-corrected chi connectivity index (χ0v) is 11.7. The summed E-state index contributed by atoms with van der Waals surface area (Å²) in [5.41, 5.74) is 0.0916. The van der Waals surface area contributed by atoms with Crippen LogP contribution >= 0.6 is 0 Å². The van der Waals surface area contributed by atoms with Gasteiger partial charge in [0.2, 0.25) is 0 Å². The molecule has 2 atom stereocenters. The molecule has 1 saturated carbocycles. The molecule has 2 unspecified atom stereocenters. The summed E-state index contributed by atoms with van der Waals surface area (Å²) in [6.45, 7) is 8.23. The van der Waals surface area contributed by atoms with Crippen molar-refractivity contribution in [3.05, 3.63) is 0 Å². The molecule has 1 aliphatic carbocycles. The third kappa shape index (κ3) is 5.01. The van der Waals surface area contributed by atoms with Crippen LogP contribution in [0.2, 0.25) is 0 Å². The molecule has 1 fully saturated rings. The average Bonchev–Trinajstić information content (AvgIpc) is 2.62. The Kier molecular flexibility index (Phi) is 4.91. The third-order valence-electron chi connectivity index (χ3n) is 3.59. The fraction of sp³-hybridized carbons (Fsp3) is 0.867. The van der Waals surface area contributed by atoms with Crippen molar-refractivity contribution in [3.63, 3.8) is 0 Å². The number of Topliss-reactive ketones (excluding diaryl/α,β-unsaturated/α-hetero) is 2. The van der Waals surface area contributed by atoms with Crippen LogP contribution < -0.4 is 0 Å². The predicted octanol–water partition coefficient (Wildman–Crippen LogP) is 3.78. The fourth-order valence-corrected chi connectivity index (χ4v) is 2.83. The van der Waals surface area contributed by atoms with E-state index in [-0.39, 0.29) is 11.3 Å². The monoisotopic (exact) mass is 238 g/mol. The Balaban J connectivity index is 2.35. The first-order chi connectivity index (χ1) is 7.81. The molecule has 0 aliphatic heterocycles. The zero-order chi connectivity index (χ0) is 13.1. The minimum Gasteiger partial charge on any atom is -0.300 e. The van der Waals surface area contributed by atoms with E-state index in [1.54, 1.807) is 0 Å². The van der Waals surface area contributed by atoms with Crippen LogP contribution in [0.5, 0.6) is 0 Å². The lowest BCUT2D eigenvalue weighted by molar-refractivity contribution is -0.123. The second-order valence-electron chi connectivity index (χ2n) is 6.68. The lowest BCUT2D eigenvalue weighted by atomic mass is 9.86.